The number of hydrogen-bond acceptors (Lipinski definition) is 9. The van der Waals surface area contributed by atoms with Crippen LogP contribution in [0.1, 0.15) is 44.4 Å². The van der Waals surface area contributed by atoms with E-state index < -0.39 is 18.0 Å². The number of carbonyl (C=O) groups excluding carboxylic acids is 2. The van der Waals surface area contributed by atoms with E-state index >= 15 is 0 Å². The topological polar surface area (TPSA) is 105 Å². The normalized spacial score (nSPS) is 14.7. The maximum Gasteiger partial charge on any atom is 0.338 e. The van der Waals surface area contributed by atoms with Crippen LogP contribution in [0.2, 0.25) is 0 Å². The van der Waals surface area contributed by atoms with Crippen LogP contribution in [0.4, 0.5) is 0 Å². The molecule has 10 heteroatoms. The van der Waals surface area contributed by atoms with Crippen molar-refractivity contribution in [2.24, 2.45) is 4.99 Å². The number of carbonyl (C=O) groups is 2. The summed E-state index contributed by atoms with van der Waals surface area (Å²) >= 11 is 1.22. The van der Waals surface area contributed by atoms with Gasteiger partial charge in [0.05, 0.1) is 35.6 Å². The van der Waals surface area contributed by atoms with Crippen molar-refractivity contribution < 1.29 is 28.5 Å². The lowest BCUT2D eigenvalue weighted by molar-refractivity contribution is -0.138. The molecule has 0 fully saturated rings. The molecular formula is C30H30N2O7S. The monoisotopic (exact) mass is 562 g/mol. The molecule has 1 aromatic heterocycles. The van der Waals surface area contributed by atoms with Crippen molar-refractivity contribution in [3.05, 3.63) is 97.2 Å². The summed E-state index contributed by atoms with van der Waals surface area (Å²) in [6.45, 7) is 9.26. The van der Waals surface area contributed by atoms with Gasteiger partial charge in [0.1, 0.15) is 12.4 Å². The second kappa shape index (κ2) is 12.6. The van der Waals surface area contributed by atoms with Crippen LogP contribution in [-0.2, 0) is 14.3 Å². The summed E-state index contributed by atoms with van der Waals surface area (Å²) in [6.07, 6.45) is 4.16. The Morgan fingerprint density at radius 1 is 1.15 bits per heavy atom. The number of esters is 2. The van der Waals surface area contributed by atoms with Crippen LogP contribution >= 0.6 is 11.3 Å². The Balaban J connectivity index is 1.86. The maximum absolute atomic E-state index is 13.8. The highest BCUT2D eigenvalue weighted by molar-refractivity contribution is 7.07. The lowest BCUT2D eigenvalue weighted by atomic mass is 9.95. The Hall–Kier alpha value is -4.44. The predicted octanol–water partition coefficient (Wildman–Crippen LogP) is 3.69. The molecule has 0 radical (unpaired) electrons. The number of allylic oxidation sites excluding steroid dienone is 1. The van der Waals surface area contributed by atoms with Crippen molar-refractivity contribution in [2.75, 3.05) is 20.3 Å². The molecule has 2 heterocycles. The Kier molecular flexibility index (Phi) is 9.00. The molecule has 0 aliphatic carbocycles. The van der Waals surface area contributed by atoms with E-state index in [0.29, 0.717) is 27.2 Å². The average Bonchev–Trinajstić information content (AvgIpc) is 3.24. The first-order chi connectivity index (χ1) is 19.3. The van der Waals surface area contributed by atoms with Crippen molar-refractivity contribution in [1.29, 1.82) is 0 Å². The molecule has 1 aliphatic rings. The third kappa shape index (κ3) is 6.07. The fraction of sp³-hybridized carbons (Fsp3) is 0.267. The van der Waals surface area contributed by atoms with E-state index in [9.17, 15) is 14.4 Å². The number of fused-ring (bicyclic) bond motifs is 1. The second-order valence-electron chi connectivity index (χ2n) is 8.89. The molecule has 0 N–H and O–H groups in total. The van der Waals surface area contributed by atoms with Gasteiger partial charge in [0, 0.05) is 6.92 Å². The van der Waals surface area contributed by atoms with Gasteiger partial charge < -0.3 is 18.9 Å². The molecule has 9 nitrogen and oxygen atoms in total. The van der Waals surface area contributed by atoms with Gasteiger partial charge in [-0.15, -0.1) is 0 Å². The minimum absolute atomic E-state index is 0.000565. The zero-order valence-corrected chi connectivity index (χ0v) is 23.6. The van der Waals surface area contributed by atoms with Gasteiger partial charge in [0.2, 0.25) is 0 Å². The number of methoxy groups -OCH3 is 1. The van der Waals surface area contributed by atoms with Crippen LogP contribution in [0, 0.1) is 0 Å². The molecule has 1 atom stereocenters. The highest BCUT2D eigenvalue weighted by Crippen LogP contribution is 2.36. The number of thiazole rings is 1. The smallest absolute Gasteiger partial charge is 0.338 e. The molecule has 0 bridgehead atoms. The van der Waals surface area contributed by atoms with Crippen molar-refractivity contribution >= 4 is 29.4 Å². The van der Waals surface area contributed by atoms with Crippen LogP contribution < -0.4 is 29.1 Å². The highest BCUT2D eigenvalue weighted by atomic mass is 32.1. The SMILES string of the molecule is C=CCOC(=O)C1=C(C)N=c2s/c(=C\c3ccc(OCCC)cc3)c(=O)n2C1c1ccc(OC(C)=O)c(OC)c1. The third-order valence-corrected chi connectivity index (χ3v) is 6.96. The predicted molar refractivity (Wildman–Crippen MR) is 151 cm³/mol. The molecule has 2 aromatic carbocycles. The van der Waals surface area contributed by atoms with Gasteiger partial charge in [-0.25, -0.2) is 9.79 Å². The molecule has 1 unspecified atom stereocenters. The first kappa shape index (κ1) is 28.6. The van der Waals surface area contributed by atoms with Gasteiger partial charge in [-0.05, 0) is 54.8 Å². The van der Waals surface area contributed by atoms with Crippen molar-refractivity contribution in [3.8, 4) is 17.2 Å². The molecule has 40 heavy (non-hydrogen) atoms. The van der Waals surface area contributed by atoms with E-state index in [-0.39, 0.29) is 29.2 Å². The third-order valence-electron chi connectivity index (χ3n) is 5.98. The summed E-state index contributed by atoms with van der Waals surface area (Å²) in [6, 6.07) is 11.5. The standard InChI is InChI=1S/C30H30N2O7S/c1-6-14-37-22-11-8-20(9-12-22)16-25-28(34)32-27(21-10-13-23(39-19(4)33)24(17-21)36-5)26(29(35)38-15-7-2)18(3)31-30(32)40-25/h7-13,16-17,27H,2,6,14-15H2,1,3-5H3/b25-16-. The van der Waals surface area contributed by atoms with Crippen molar-refractivity contribution in [1.82, 2.24) is 4.57 Å². The van der Waals surface area contributed by atoms with E-state index in [4.69, 9.17) is 18.9 Å². The minimum atomic E-state index is -0.860. The summed E-state index contributed by atoms with van der Waals surface area (Å²) < 4.78 is 23.6. The maximum atomic E-state index is 13.8. The number of aromatic nitrogens is 1. The fourth-order valence-corrected chi connectivity index (χ4v) is 5.28. The lowest BCUT2D eigenvalue weighted by Gasteiger charge is -2.25. The molecule has 0 amide bonds. The Morgan fingerprint density at radius 3 is 2.55 bits per heavy atom. The second-order valence-corrected chi connectivity index (χ2v) is 9.90. The van der Waals surface area contributed by atoms with Crippen LogP contribution in [-0.4, -0.2) is 36.8 Å². The lowest BCUT2D eigenvalue weighted by Crippen LogP contribution is -2.40. The zero-order valence-electron chi connectivity index (χ0n) is 22.8. The Bertz CT molecular complexity index is 1650. The number of benzene rings is 2. The largest absolute Gasteiger partial charge is 0.494 e. The molecule has 3 aromatic rings. The van der Waals surface area contributed by atoms with Gasteiger partial charge in [-0.1, -0.05) is 49.1 Å². The van der Waals surface area contributed by atoms with Gasteiger partial charge in [-0.3, -0.25) is 14.2 Å². The zero-order chi connectivity index (χ0) is 28.8. The quantitative estimate of drug-likeness (QED) is 0.211. The molecular weight excluding hydrogens is 532 g/mol. The molecule has 0 saturated heterocycles. The molecule has 208 valence electrons. The van der Waals surface area contributed by atoms with Crippen LogP contribution in [0.15, 0.2) is 76.2 Å². The van der Waals surface area contributed by atoms with E-state index in [1.807, 2.05) is 31.2 Å². The van der Waals surface area contributed by atoms with Crippen molar-refractivity contribution in [2.45, 2.75) is 33.2 Å². The van der Waals surface area contributed by atoms with E-state index in [0.717, 1.165) is 17.7 Å². The molecule has 0 saturated carbocycles. The fourth-order valence-electron chi connectivity index (χ4n) is 4.24. The van der Waals surface area contributed by atoms with Gasteiger partial charge in [0.15, 0.2) is 16.3 Å². The Morgan fingerprint density at radius 2 is 1.90 bits per heavy atom. The van der Waals surface area contributed by atoms with E-state index in [1.165, 1.54) is 36.0 Å². The number of hydrogen-bond donors (Lipinski definition) is 0. The average molecular weight is 563 g/mol. The highest BCUT2D eigenvalue weighted by Gasteiger charge is 2.34. The summed E-state index contributed by atoms with van der Waals surface area (Å²) in [7, 11) is 1.44. The van der Waals surface area contributed by atoms with Gasteiger partial charge in [0.25, 0.3) is 5.56 Å². The first-order valence-electron chi connectivity index (χ1n) is 12.7. The Labute approximate surface area is 235 Å². The number of ether oxygens (including phenoxy) is 4. The van der Waals surface area contributed by atoms with Crippen LogP contribution in [0.5, 0.6) is 17.2 Å². The van der Waals surface area contributed by atoms with Gasteiger partial charge in [-0.2, -0.15) is 0 Å². The molecule has 1 aliphatic heterocycles. The van der Waals surface area contributed by atoms with E-state index in [1.54, 1.807) is 31.2 Å². The summed E-state index contributed by atoms with van der Waals surface area (Å²) in [5.41, 5.74) is 1.69. The summed E-state index contributed by atoms with van der Waals surface area (Å²) in [5, 5.41) is 0. The van der Waals surface area contributed by atoms with E-state index in [2.05, 4.69) is 11.6 Å². The molecule has 4 rings (SSSR count). The van der Waals surface area contributed by atoms with Crippen molar-refractivity contribution in [3.63, 3.8) is 0 Å². The summed E-state index contributed by atoms with van der Waals surface area (Å²) in [4.78, 5) is 43.6. The van der Waals surface area contributed by atoms with Crippen LogP contribution in [0.3, 0.4) is 0 Å². The summed E-state index contributed by atoms with van der Waals surface area (Å²) in [5.74, 6) is 0.118. The number of rotatable bonds is 10. The number of nitrogens with zero attached hydrogens (tertiary/aromatic N) is 2. The minimum Gasteiger partial charge on any atom is -0.494 e. The molecule has 0 spiro atoms. The van der Waals surface area contributed by atoms with Gasteiger partial charge >= 0.3 is 11.9 Å². The van der Waals surface area contributed by atoms with Crippen LogP contribution in [0.25, 0.3) is 6.08 Å². The first-order valence-corrected chi connectivity index (χ1v) is 13.5.